The van der Waals surface area contributed by atoms with Gasteiger partial charge < -0.3 is 0 Å². The minimum absolute atomic E-state index is 0.617. The summed E-state index contributed by atoms with van der Waals surface area (Å²) in [6.45, 7) is 9.06. The first-order chi connectivity index (χ1) is 12.0. The van der Waals surface area contributed by atoms with Crippen LogP contribution < -0.4 is 5.43 Å². The van der Waals surface area contributed by atoms with E-state index >= 15 is 0 Å². The van der Waals surface area contributed by atoms with Crippen LogP contribution in [0.25, 0.3) is 10.2 Å². The smallest absolute Gasteiger partial charge is 0.158 e. The van der Waals surface area contributed by atoms with Gasteiger partial charge in [-0.15, -0.1) is 11.3 Å². The van der Waals surface area contributed by atoms with E-state index in [1.165, 1.54) is 10.4 Å². The maximum atomic E-state index is 6.43. The van der Waals surface area contributed by atoms with Crippen molar-refractivity contribution < 1.29 is 0 Å². The third kappa shape index (κ3) is 3.52. The maximum absolute atomic E-state index is 6.43. The molecule has 0 spiro atoms. The number of thiophene rings is 1. The van der Waals surface area contributed by atoms with Crippen LogP contribution in [0.4, 0.5) is 5.82 Å². The number of aromatic nitrogens is 4. The van der Waals surface area contributed by atoms with Gasteiger partial charge in [0.1, 0.15) is 16.3 Å². The maximum Gasteiger partial charge on any atom is 0.158 e. The molecule has 132 valence electrons. The monoisotopic (exact) mass is 376 g/mol. The molecule has 0 saturated heterocycles. The van der Waals surface area contributed by atoms with Gasteiger partial charge in [-0.2, -0.15) is 10.2 Å². The van der Waals surface area contributed by atoms with Crippen LogP contribution in [0.1, 0.15) is 41.5 Å². The molecule has 0 atom stereocenters. The molecular formula is C17H21ClN6S. The molecule has 8 heteroatoms. The lowest BCUT2D eigenvalue weighted by molar-refractivity contribution is 0.569. The van der Waals surface area contributed by atoms with E-state index in [0.717, 1.165) is 40.9 Å². The second-order valence-electron chi connectivity index (χ2n) is 5.92. The summed E-state index contributed by atoms with van der Waals surface area (Å²) in [5, 5.41) is 10.4. The molecule has 6 nitrogen and oxygen atoms in total. The summed E-state index contributed by atoms with van der Waals surface area (Å²) < 4.78 is 1.83. The molecule has 0 aliphatic carbocycles. The first-order valence-corrected chi connectivity index (χ1v) is 9.45. The number of nitrogens with zero attached hydrogens (tertiary/aromatic N) is 5. The van der Waals surface area contributed by atoms with Gasteiger partial charge in [0.15, 0.2) is 5.82 Å². The molecule has 3 rings (SSSR count). The van der Waals surface area contributed by atoms with Crippen molar-refractivity contribution >= 4 is 45.2 Å². The number of nitrogens with one attached hydrogen (secondary N) is 1. The lowest BCUT2D eigenvalue weighted by Crippen LogP contribution is -2.00. The molecule has 0 amide bonds. The van der Waals surface area contributed by atoms with E-state index in [9.17, 15) is 0 Å². The van der Waals surface area contributed by atoms with Crippen LogP contribution in [-0.2, 0) is 6.54 Å². The Hall–Kier alpha value is -1.99. The van der Waals surface area contributed by atoms with Crippen molar-refractivity contribution in [1.82, 2.24) is 19.7 Å². The van der Waals surface area contributed by atoms with Crippen LogP contribution in [0.3, 0.4) is 0 Å². The predicted octanol–water partition coefficient (Wildman–Crippen LogP) is 4.71. The van der Waals surface area contributed by atoms with Crippen LogP contribution in [0.2, 0.25) is 5.15 Å². The highest BCUT2D eigenvalue weighted by Crippen LogP contribution is 2.32. The van der Waals surface area contributed by atoms with Crippen molar-refractivity contribution in [3.8, 4) is 0 Å². The summed E-state index contributed by atoms with van der Waals surface area (Å²) in [7, 11) is 0. The van der Waals surface area contributed by atoms with Crippen molar-refractivity contribution in [2.75, 3.05) is 5.43 Å². The molecule has 0 saturated carbocycles. The Bertz CT molecular complexity index is 927. The van der Waals surface area contributed by atoms with Gasteiger partial charge in [0.25, 0.3) is 0 Å². The van der Waals surface area contributed by atoms with Crippen molar-refractivity contribution in [1.29, 1.82) is 0 Å². The van der Waals surface area contributed by atoms with Crippen LogP contribution in [0, 0.1) is 20.8 Å². The Balaban J connectivity index is 1.84. The number of rotatable bonds is 6. The van der Waals surface area contributed by atoms with Crippen LogP contribution in [0.15, 0.2) is 11.4 Å². The van der Waals surface area contributed by atoms with Gasteiger partial charge in [-0.05, 0) is 32.8 Å². The van der Waals surface area contributed by atoms with Crippen LogP contribution in [0.5, 0.6) is 0 Å². The average molecular weight is 377 g/mol. The molecule has 3 heterocycles. The number of fused-ring (bicyclic) bond motifs is 1. The van der Waals surface area contributed by atoms with Crippen LogP contribution >= 0.6 is 22.9 Å². The van der Waals surface area contributed by atoms with E-state index in [0.29, 0.717) is 11.0 Å². The third-order valence-corrected chi connectivity index (χ3v) is 5.68. The molecule has 0 unspecified atom stereocenters. The highest BCUT2D eigenvalue weighted by atomic mass is 35.5. The number of anilines is 1. The summed E-state index contributed by atoms with van der Waals surface area (Å²) >= 11 is 8.09. The third-order valence-electron chi connectivity index (χ3n) is 4.16. The molecule has 0 bridgehead atoms. The molecule has 3 aromatic heterocycles. The molecule has 0 radical (unpaired) electrons. The molecular weight excluding hydrogens is 356 g/mol. The van der Waals surface area contributed by atoms with Gasteiger partial charge in [0.05, 0.1) is 22.9 Å². The van der Waals surface area contributed by atoms with Gasteiger partial charge in [0.2, 0.25) is 0 Å². The standard InChI is InChI=1S/C17H21ClN6S/c1-5-6-7-24-15(18)13(11(3)23-24)8-21-22-16-14-10(2)12(4)25-17(14)20-9-19-16/h8-9H,5-7H2,1-4H3,(H,19,20,22)/b21-8+. The number of unbranched alkanes of at least 4 members (excludes halogenated alkanes) is 1. The Labute approximate surface area is 155 Å². The Morgan fingerprint density at radius 2 is 2.12 bits per heavy atom. The Kier molecular flexibility index (Phi) is 5.34. The Morgan fingerprint density at radius 3 is 2.88 bits per heavy atom. The van der Waals surface area contributed by atoms with E-state index in [-0.39, 0.29) is 0 Å². The topological polar surface area (TPSA) is 68.0 Å². The first-order valence-electron chi connectivity index (χ1n) is 8.25. The number of aryl methyl sites for hydroxylation is 4. The fourth-order valence-electron chi connectivity index (χ4n) is 2.60. The summed E-state index contributed by atoms with van der Waals surface area (Å²) in [6.07, 6.45) is 5.40. The minimum Gasteiger partial charge on any atom is -0.261 e. The minimum atomic E-state index is 0.617. The lowest BCUT2D eigenvalue weighted by Gasteiger charge is -2.02. The molecule has 0 aliphatic rings. The summed E-state index contributed by atoms with van der Waals surface area (Å²) in [4.78, 5) is 10.8. The predicted molar refractivity (Wildman–Crippen MR) is 105 cm³/mol. The Morgan fingerprint density at radius 1 is 1.32 bits per heavy atom. The quantitative estimate of drug-likeness (QED) is 0.499. The van der Waals surface area contributed by atoms with E-state index in [1.807, 2.05) is 11.6 Å². The van der Waals surface area contributed by atoms with E-state index in [2.05, 4.69) is 46.4 Å². The second kappa shape index (κ2) is 7.49. The van der Waals surface area contributed by atoms with Gasteiger partial charge in [0, 0.05) is 11.4 Å². The molecule has 0 aliphatic heterocycles. The summed E-state index contributed by atoms with van der Waals surface area (Å²) in [6, 6.07) is 0. The van der Waals surface area contributed by atoms with Gasteiger partial charge in [-0.3, -0.25) is 10.1 Å². The molecule has 1 N–H and O–H groups in total. The molecule has 0 fully saturated rings. The van der Waals surface area contributed by atoms with Gasteiger partial charge in [-0.25, -0.2) is 9.97 Å². The molecule has 0 aromatic carbocycles. The number of hydrogen-bond donors (Lipinski definition) is 1. The van der Waals surface area contributed by atoms with Gasteiger partial charge in [-0.1, -0.05) is 24.9 Å². The van der Waals surface area contributed by atoms with Gasteiger partial charge >= 0.3 is 0 Å². The van der Waals surface area contributed by atoms with E-state index < -0.39 is 0 Å². The van der Waals surface area contributed by atoms with Crippen molar-refractivity contribution in [2.24, 2.45) is 5.10 Å². The average Bonchev–Trinajstić information content (AvgIpc) is 3.03. The number of hydrazone groups is 1. The first kappa shape index (κ1) is 17.8. The largest absolute Gasteiger partial charge is 0.261 e. The van der Waals surface area contributed by atoms with E-state index in [4.69, 9.17) is 11.6 Å². The SMILES string of the molecule is CCCCn1nc(C)c(/C=N/Nc2ncnc3sc(C)c(C)c23)c1Cl. The zero-order valence-electron chi connectivity index (χ0n) is 14.8. The van der Waals surface area contributed by atoms with E-state index in [1.54, 1.807) is 23.9 Å². The normalized spacial score (nSPS) is 11.7. The molecule has 25 heavy (non-hydrogen) atoms. The van der Waals surface area contributed by atoms with Crippen molar-refractivity contribution in [3.05, 3.63) is 33.2 Å². The van der Waals surface area contributed by atoms with Crippen molar-refractivity contribution in [3.63, 3.8) is 0 Å². The lowest BCUT2D eigenvalue weighted by atomic mass is 10.2. The van der Waals surface area contributed by atoms with Crippen LogP contribution in [-0.4, -0.2) is 26.0 Å². The summed E-state index contributed by atoms with van der Waals surface area (Å²) in [5.74, 6) is 0.704. The second-order valence-corrected chi connectivity index (χ2v) is 7.48. The van der Waals surface area contributed by atoms with Crippen molar-refractivity contribution in [2.45, 2.75) is 47.1 Å². The zero-order chi connectivity index (χ0) is 18.0. The fourth-order valence-corrected chi connectivity index (χ4v) is 3.90. The molecule has 3 aromatic rings. The number of halogens is 1. The fraction of sp³-hybridized carbons (Fsp3) is 0.412. The summed E-state index contributed by atoms with van der Waals surface area (Å²) in [5.41, 5.74) is 5.90. The highest BCUT2D eigenvalue weighted by Gasteiger charge is 2.13. The highest BCUT2D eigenvalue weighted by molar-refractivity contribution is 7.18. The zero-order valence-corrected chi connectivity index (χ0v) is 16.4. The number of hydrogen-bond acceptors (Lipinski definition) is 6.